The van der Waals surface area contributed by atoms with Gasteiger partial charge < -0.3 is 9.64 Å². The van der Waals surface area contributed by atoms with E-state index < -0.39 is 11.0 Å². The highest BCUT2D eigenvalue weighted by Gasteiger charge is 2.66. The predicted octanol–water partition coefficient (Wildman–Crippen LogP) is 3.44. The number of amides is 1. The lowest BCUT2D eigenvalue weighted by molar-refractivity contribution is -0.152. The smallest absolute Gasteiger partial charge is 0.267 e. The lowest BCUT2D eigenvalue weighted by atomic mass is 9.68. The molecule has 0 aliphatic carbocycles. The molecule has 5 nitrogen and oxygen atoms in total. The van der Waals surface area contributed by atoms with Crippen molar-refractivity contribution in [2.24, 2.45) is 5.41 Å². The molecule has 0 aromatic heterocycles. The maximum atomic E-state index is 13.7. The minimum Gasteiger partial charge on any atom is -0.354 e. The Balaban J connectivity index is 1.91. The Bertz CT molecular complexity index is 986. The van der Waals surface area contributed by atoms with Crippen molar-refractivity contribution in [3.05, 3.63) is 77.9 Å². The van der Waals surface area contributed by atoms with Gasteiger partial charge in [0.2, 0.25) is 5.60 Å². The van der Waals surface area contributed by atoms with Crippen molar-refractivity contribution < 1.29 is 9.53 Å². The van der Waals surface area contributed by atoms with E-state index in [0.29, 0.717) is 17.8 Å². The van der Waals surface area contributed by atoms with Gasteiger partial charge in [0.15, 0.2) is 5.41 Å². The first-order chi connectivity index (χ1) is 13.2. The number of hydrogen-bond acceptors (Lipinski definition) is 4. The Morgan fingerprint density at radius 1 is 1.00 bits per heavy atom. The van der Waals surface area contributed by atoms with Gasteiger partial charge in [-0.3, -0.25) is 4.79 Å². The molecule has 132 valence electrons. The van der Waals surface area contributed by atoms with E-state index in [1.54, 1.807) is 29.2 Å². The Kier molecular flexibility index (Phi) is 4.03. The zero-order valence-electron chi connectivity index (χ0n) is 14.6. The van der Waals surface area contributed by atoms with Crippen LogP contribution in [0.4, 0.5) is 5.69 Å². The third-order valence-corrected chi connectivity index (χ3v) is 5.27. The lowest BCUT2D eigenvalue weighted by Gasteiger charge is -2.36. The summed E-state index contributed by atoms with van der Waals surface area (Å²) >= 11 is 0. The van der Waals surface area contributed by atoms with E-state index in [2.05, 4.69) is 12.1 Å². The number of hydrogen-bond donors (Lipinski definition) is 0. The zero-order valence-corrected chi connectivity index (χ0v) is 14.6. The van der Waals surface area contributed by atoms with E-state index in [4.69, 9.17) is 4.74 Å². The predicted molar refractivity (Wildman–Crippen MR) is 99.1 cm³/mol. The third kappa shape index (κ3) is 2.30. The van der Waals surface area contributed by atoms with Crippen LogP contribution in [-0.4, -0.2) is 12.5 Å². The highest BCUT2D eigenvalue weighted by molar-refractivity contribution is 6.08. The number of fused-ring (bicyclic) bond motifs is 2. The summed E-state index contributed by atoms with van der Waals surface area (Å²) in [5, 5.41) is 19.9. The fraction of sp³-hybridized carbons (Fsp3) is 0.227. The van der Waals surface area contributed by atoms with Crippen LogP contribution >= 0.6 is 0 Å². The summed E-state index contributed by atoms with van der Waals surface area (Å²) in [6.07, 6.45) is 3.64. The molecule has 27 heavy (non-hydrogen) atoms. The second kappa shape index (κ2) is 6.39. The van der Waals surface area contributed by atoms with Crippen molar-refractivity contribution in [3.8, 4) is 12.1 Å². The van der Waals surface area contributed by atoms with E-state index in [1.165, 1.54) is 0 Å². The van der Waals surface area contributed by atoms with Crippen LogP contribution in [0, 0.1) is 28.1 Å². The van der Waals surface area contributed by atoms with Gasteiger partial charge in [0.05, 0.1) is 31.0 Å². The Labute approximate surface area is 157 Å². The van der Waals surface area contributed by atoms with Crippen molar-refractivity contribution in [3.63, 3.8) is 0 Å². The summed E-state index contributed by atoms with van der Waals surface area (Å²) in [5.41, 5.74) is -1.03. The van der Waals surface area contributed by atoms with Crippen LogP contribution in [0.2, 0.25) is 0 Å². The van der Waals surface area contributed by atoms with E-state index in [0.717, 1.165) is 5.56 Å². The van der Waals surface area contributed by atoms with Gasteiger partial charge in [-0.25, -0.2) is 0 Å². The summed E-state index contributed by atoms with van der Waals surface area (Å²) in [6, 6.07) is 21.1. The number of rotatable bonds is 2. The van der Waals surface area contributed by atoms with E-state index in [9.17, 15) is 15.3 Å². The number of para-hydroxylation sites is 1. The average Bonchev–Trinajstić information content (AvgIpc) is 2.86. The Morgan fingerprint density at radius 2 is 1.70 bits per heavy atom. The monoisotopic (exact) mass is 355 g/mol. The molecule has 1 atom stereocenters. The first-order valence-corrected chi connectivity index (χ1v) is 8.75. The molecule has 1 spiro atoms. The molecule has 0 bridgehead atoms. The molecular formula is C22H17N3O2. The number of anilines is 1. The third-order valence-electron chi connectivity index (χ3n) is 5.27. The van der Waals surface area contributed by atoms with Crippen molar-refractivity contribution in [2.75, 3.05) is 11.5 Å². The van der Waals surface area contributed by atoms with Crippen molar-refractivity contribution in [1.82, 2.24) is 0 Å². The second-order valence-electron chi connectivity index (χ2n) is 6.69. The number of carbonyl (C=O) groups excluding carboxylic acids is 1. The van der Waals surface area contributed by atoms with Gasteiger partial charge in [-0.2, -0.15) is 10.5 Å². The maximum absolute atomic E-state index is 13.7. The van der Waals surface area contributed by atoms with Crippen molar-refractivity contribution in [2.45, 2.75) is 18.6 Å². The number of benzene rings is 2. The van der Waals surface area contributed by atoms with E-state index >= 15 is 0 Å². The first-order valence-electron chi connectivity index (χ1n) is 8.75. The zero-order chi connectivity index (χ0) is 18.9. The molecule has 2 aromatic carbocycles. The minimum absolute atomic E-state index is 0.138. The molecular weight excluding hydrogens is 338 g/mol. The highest BCUT2D eigenvalue weighted by Crippen LogP contribution is 2.55. The molecule has 0 radical (unpaired) electrons. The molecule has 5 heteroatoms. The molecule has 0 saturated carbocycles. The van der Waals surface area contributed by atoms with E-state index in [1.807, 2.05) is 42.5 Å². The van der Waals surface area contributed by atoms with Gasteiger partial charge >= 0.3 is 0 Å². The van der Waals surface area contributed by atoms with E-state index in [-0.39, 0.29) is 18.9 Å². The number of carbonyl (C=O) groups is 1. The number of allylic oxidation sites excluding steroid dienone is 1. The van der Waals surface area contributed by atoms with Gasteiger partial charge in [0.25, 0.3) is 5.91 Å². The first kappa shape index (κ1) is 17.0. The molecule has 0 fully saturated rings. The molecule has 2 aliphatic rings. The van der Waals surface area contributed by atoms with Crippen LogP contribution in [-0.2, 0) is 21.7 Å². The van der Waals surface area contributed by atoms with Gasteiger partial charge in [0.1, 0.15) is 0 Å². The molecule has 0 N–H and O–H groups in total. The second-order valence-corrected chi connectivity index (χ2v) is 6.69. The van der Waals surface area contributed by atoms with Crippen molar-refractivity contribution in [1.29, 1.82) is 10.5 Å². The molecule has 0 saturated heterocycles. The average molecular weight is 355 g/mol. The molecule has 2 aromatic rings. The normalized spacial score (nSPS) is 22.7. The molecule has 2 aliphatic heterocycles. The quantitative estimate of drug-likeness (QED) is 0.773. The summed E-state index contributed by atoms with van der Waals surface area (Å²) in [5.74, 6) is -0.362. The summed E-state index contributed by atoms with van der Waals surface area (Å²) in [7, 11) is 0. The maximum Gasteiger partial charge on any atom is 0.267 e. The van der Waals surface area contributed by atoms with Crippen molar-refractivity contribution >= 4 is 11.6 Å². The fourth-order valence-corrected chi connectivity index (χ4v) is 3.94. The van der Waals surface area contributed by atoms with Crippen LogP contribution < -0.4 is 4.90 Å². The highest BCUT2D eigenvalue weighted by atomic mass is 16.5. The topological polar surface area (TPSA) is 77.1 Å². The Hall–Kier alpha value is -3.41. The van der Waals surface area contributed by atoms with Gasteiger partial charge in [-0.1, -0.05) is 60.7 Å². The minimum atomic E-state index is -1.63. The summed E-state index contributed by atoms with van der Waals surface area (Å²) in [4.78, 5) is 15.3. The van der Waals surface area contributed by atoms with Gasteiger partial charge in [-0.05, 0) is 11.6 Å². The van der Waals surface area contributed by atoms with Crippen LogP contribution in [0.5, 0.6) is 0 Å². The molecule has 4 rings (SSSR count). The van der Waals surface area contributed by atoms with Crippen LogP contribution in [0.1, 0.15) is 17.5 Å². The number of nitriles is 2. The molecule has 1 amide bonds. The summed E-state index contributed by atoms with van der Waals surface area (Å²) < 4.78 is 6.03. The van der Waals surface area contributed by atoms with Crippen LogP contribution in [0.3, 0.4) is 0 Å². The Morgan fingerprint density at radius 3 is 2.44 bits per heavy atom. The van der Waals surface area contributed by atoms with Crippen LogP contribution in [0.15, 0.2) is 66.7 Å². The number of ether oxygens (including phenoxy) is 1. The standard InChI is InChI=1S/C22H17N3O2/c23-15-21(16-24)12-6-7-13-27-22(21)18-10-4-5-11-19(18)25(20(22)26)14-17-8-2-1-3-9-17/h1-11H,12-14H2. The number of nitrogens with zero attached hydrogens (tertiary/aromatic N) is 3. The van der Waals surface area contributed by atoms with Gasteiger partial charge in [0, 0.05) is 12.0 Å². The molecule has 2 heterocycles. The largest absolute Gasteiger partial charge is 0.354 e. The lowest BCUT2D eigenvalue weighted by Crippen LogP contribution is -2.53. The van der Waals surface area contributed by atoms with Gasteiger partial charge in [-0.15, -0.1) is 0 Å². The molecule has 1 unspecified atom stereocenters. The SMILES string of the molecule is N#CC1(C#N)CC=CCOC12C(=O)N(Cc1ccccc1)c1ccccc12. The fourth-order valence-electron chi connectivity index (χ4n) is 3.94. The van der Waals surface area contributed by atoms with Crippen LogP contribution in [0.25, 0.3) is 0 Å². The summed E-state index contributed by atoms with van der Waals surface area (Å²) in [6.45, 7) is 0.520.